The summed E-state index contributed by atoms with van der Waals surface area (Å²) < 4.78 is 0. The molecule has 4 saturated carbocycles. The van der Waals surface area contributed by atoms with Gasteiger partial charge >= 0.3 is 40.2 Å². The van der Waals surface area contributed by atoms with E-state index in [4.69, 9.17) is 29.9 Å². The summed E-state index contributed by atoms with van der Waals surface area (Å²) in [6.07, 6.45) is 25.1. The normalized spacial score (nSPS) is 13.7. The molecule has 0 amide bonds. The summed E-state index contributed by atoms with van der Waals surface area (Å²) in [6, 6.07) is 140. The number of rotatable bonds is 27. The molecule has 0 radical (unpaired) electrons. The molecule has 8 heteroatoms. The fourth-order valence-electron chi connectivity index (χ4n) is 21.6. The first-order valence-corrected chi connectivity index (χ1v) is 52.3. The molecular weight excluding hydrogens is 2140 g/mol. The smallest absolute Gasteiger partial charge is 0.304 e. The minimum absolute atomic E-state index is 0. The molecule has 0 atom stereocenters. The van der Waals surface area contributed by atoms with Crippen molar-refractivity contribution in [3.63, 3.8) is 0 Å². The number of hydrogen-bond acceptors (Lipinski definition) is 6. The Kier molecular flexibility index (Phi) is 28.1. The average Bonchev–Trinajstić information content (AvgIpc) is 1.28. The average molecular weight is 2260 g/mol. The molecule has 0 bridgehead atoms. The second-order valence-electron chi connectivity index (χ2n) is 44.5. The van der Waals surface area contributed by atoms with Crippen LogP contribution in [0.1, 0.15) is 178 Å². The fraction of sp³-hybridized carbons (Fsp3) is 0.223. The SMILES string of the molecule is CC(C)c1cc(-c2[c-]cc(-c3ccccc3-c3cc(-c4ccccc4-c4c[c-]c(-c5cc(-c6[c-]cc(-c7ccccc7-c7cc(-c8ccccc8-c8c[c-]c(-c9cc(C(C)(C)C)c(CC%10CC%10)cn9)cc8)cc(-c8ccccc8-c8c[c-]c(-c9cc(C(C)(C)C)c(CC%10CC%10)cn9)cc8)c7)cc6)ncn5)cc4)cc(-c4ccccc4-c4c[c-]c(-c5cc(C(C)(C)C)c(CC6CC6)cn5)cc4)c3)cc2)ncc1CC1CC1.[Ir+3].[Ir+3]. The second-order valence-corrected chi connectivity index (χ2v) is 44.5. The van der Waals surface area contributed by atoms with Gasteiger partial charge in [0.15, 0.2) is 0 Å². The topological polar surface area (TPSA) is 77.3 Å². The Balaban J connectivity index is 0.00000634. The number of benzene rings is 14. The first kappa shape index (κ1) is 99.1. The van der Waals surface area contributed by atoms with Gasteiger partial charge in [-0.25, -0.2) is 0 Å². The Labute approximate surface area is 896 Å². The van der Waals surface area contributed by atoms with Crippen LogP contribution in [0.2, 0.25) is 0 Å². The van der Waals surface area contributed by atoms with E-state index in [1.165, 1.54) is 95.9 Å². The molecule has 5 heterocycles. The Morgan fingerprint density at radius 1 is 0.224 bits per heavy atom. The van der Waals surface area contributed by atoms with Gasteiger partial charge in [0, 0.05) is 24.8 Å². The first-order valence-electron chi connectivity index (χ1n) is 52.3. The molecule has 147 heavy (non-hydrogen) atoms. The van der Waals surface area contributed by atoms with Crippen LogP contribution >= 0.6 is 0 Å². The van der Waals surface area contributed by atoms with Crippen LogP contribution in [0.4, 0.5) is 0 Å². The summed E-state index contributed by atoms with van der Waals surface area (Å²) in [7, 11) is 0. The van der Waals surface area contributed by atoms with E-state index in [9.17, 15) is 0 Å². The Bertz CT molecular complexity index is 7840. The van der Waals surface area contributed by atoms with Crippen LogP contribution in [0.3, 0.4) is 0 Å². The largest absolute Gasteiger partial charge is 3.00 e. The third-order valence-electron chi connectivity index (χ3n) is 30.2. The molecule has 4 aliphatic rings. The van der Waals surface area contributed by atoms with E-state index in [1.807, 2.05) is 0 Å². The van der Waals surface area contributed by atoms with Gasteiger partial charge in [-0.3, -0.25) is 9.97 Å². The van der Waals surface area contributed by atoms with Gasteiger partial charge in [-0.1, -0.05) is 319 Å². The van der Waals surface area contributed by atoms with Crippen molar-refractivity contribution in [2.24, 2.45) is 23.7 Å². The molecule has 724 valence electrons. The maximum absolute atomic E-state index is 5.10. The molecule has 0 unspecified atom stereocenters. The first-order chi connectivity index (χ1) is 70.5. The predicted octanol–water partition coefficient (Wildman–Crippen LogP) is 35.7. The molecule has 0 saturated heterocycles. The summed E-state index contributed by atoms with van der Waals surface area (Å²) in [4.78, 5) is 30.2. The minimum atomic E-state index is -0.0141. The van der Waals surface area contributed by atoms with Crippen molar-refractivity contribution in [1.82, 2.24) is 29.9 Å². The maximum Gasteiger partial charge on any atom is 3.00 e. The molecule has 19 aromatic rings. The van der Waals surface area contributed by atoms with Gasteiger partial charge in [0.25, 0.3) is 0 Å². The Morgan fingerprint density at radius 3 is 0.605 bits per heavy atom. The van der Waals surface area contributed by atoms with Crippen LogP contribution < -0.4 is 0 Å². The van der Waals surface area contributed by atoms with Crippen LogP contribution in [0.15, 0.2) is 353 Å². The molecule has 0 spiro atoms. The zero-order chi connectivity index (χ0) is 98.8. The molecule has 4 fully saturated rings. The van der Waals surface area contributed by atoms with Crippen molar-refractivity contribution in [1.29, 1.82) is 0 Å². The van der Waals surface area contributed by atoms with Crippen molar-refractivity contribution < 1.29 is 40.2 Å². The van der Waals surface area contributed by atoms with E-state index in [0.29, 0.717) is 5.92 Å². The summed E-state index contributed by atoms with van der Waals surface area (Å²) in [5.74, 6) is 3.50. The molecule has 6 nitrogen and oxygen atoms in total. The van der Waals surface area contributed by atoms with Crippen molar-refractivity contribution in [2.75, 3.05) is 0 Å². The minimum Gasteiger partial charge on any atom is -0.304 e. The number of aromatic nitrogens is 6. The summed E-state index contributed by atoms with van der Waals surface area (Å²) in [6.45, 7) is 25.5. The number of pyridine rings is 4. The fourth-order valence-corrected chi connectivity index (χ4v) is 21.6. The molecule has 14 aromatic carbocycles. The van der Waals surface area contributed by atoms with Crippen molar-refractivity contribution in [2.45, 2.75) is 175 Å². The molecule has 4 aliphatic carbocycles. The third-order valence-corrected chi connectivity index (χ3v) is 30.2. The van der Waals surface area contributed by atoms with E-state index in [-0.39, 0.29) is 56.5 Å². The molecule has 23 rings (SSSR count). The van der Waals surface area contributed by atoms with E-state index in [0.717, 1.165) is 250 Å². The van der Waals surface area contributed by atoms with Crippen LogP contribution in [0.5, 0.6) is 0 Å². The van der Waals surface area contributed by atoms with Crippen LogP contribution in [-0.2, 0) is 82.1 Å². The van der Waals surface area contributed by atoms with Crippen LogP contribution in [0.25, 0.3) is 201 Å². The molecular formula is C139H120Ir2N6. The Morgan fingerprint density at radius 2 is 0.415 bits per heavy atom. The summed E-state index contributed by atoms with van der Waals surface area (Å²) in [5, 5.41) is 0. The molecule has 0 N–H and O–H groups in total. The van der Waals surface area contributed by atoms with Gasteiger partial charge in [-0.05, 0) is 305 Å². The van der Waals surface area contributed by atoms with Gasteiger partial charge in [0.2, 0.25) is 0 Å². The van der Waals surface area contributed by atoms with Crippen molar-refractivity contribution in [3.8, 4) is 201 Å². The van der Waals surface area contributed by atoms with Gasteiger partial charge in [0.05, 0.1) is 6.33 Å². The Hall–Kier alpha value is -13.9. The summed E-state index contributed by atoms with van der Waals surface area (Å²) >= 11 is 0. The van der Waals surface area contributed by atoms with Crippen LogP contribution in [0, 0.1) is 60.1 Å². The maximum atomic E-state index is 5.10. The van der Waals surface area contributed by atoms with E-state index in [1.54, 1.807) is 6.33 Å². The van der Waals surface area contributed by atoms with E-state index in [2.05, 4.69) is 459 Å². The third kappa shape index (κ3) is 21.8. The van der Waals surface area contributed by atoms with Gasteiger partial charge in [-0.2, -0.15) is 0 Å². The molecule has 5 aromatic heterocycles. The number of nitrogens with zero attached hydrogens (tertiary/aromatic N) is 6. The predicted molar refractivity (Wildman–Crippen MR) is 600 cm³/mol. The van der Waals surface area contributed by atoms with Crippen LogP contribution in [-0.4, -0.2) is 29.9 Å². The van der Waals surface area contributed by atoms with Gasteiger partial charge in [0.1, 0.15) is 0 Å². The standard InChI is InChI=1S/C139H120N6.2Ir/c1-88(2)127-78-131(140-83-111(127)68-89-36-37-89)99-56-44-93(45-57-99)115-24-12-18-30-121(115)105-72-106(122-31-19-13-25-116(122)94-46-58-100(59-47-94)132-79-128(137(3,4)5)112(84-141-132)69-90-38-39-90)75-109(73-105)125-34-22-16-28-119(125)97-52-64-103(65-53-97)135-82-136(145-87-144-135)104-66-54-98(55-67-104)120-29-17-23-35-126(120)110-76-107(123-32-20-14-26-117(123)95-48-60-101(61-49-95)133-80-129(138(6,7)8)113(85-142-133)70-91-40-41-91)74-108(77-110)124-33-21-15-27-118(124)96-50-62-102(63-51-96)134-81-130(139(9,10)11)114(86-143-134)71-92-42-43-92;;/h12-35,44-56,58,60,62,64,66,72-92H,36-43,68-71H2,1-11H3;;/q-6;2*+3. The zero-order valence-corrected chi connectivity index (χ0v) is 90.5. The van der Waals surface area contributed by atoms with Crippen molar-refractivity contribution >= 4 is 0 Å². The molecule has 0 aliphatic heterocycles. The van der Waals surface area contributed by atoms with E-state index < -0.39 is 0 Å². The quantitative estimate of drug-likeness (QED) is 0.0478. The van der Waals surface area contributed by atoms with Gasteiger partial charge < -0.3 is 19.9 Å². The summed E-state index contributed by atoms with van der Waals surface area (Å²) in [5.41, 5.74) is 48.2. The monoisotopic (exact) mass is 2260 g/mol. The van der Waals surface area contributed by atoms with Gasteiger partial charge in [-0.15, -0.1) is 179 Å². The second kappa shape index (κ2) is 41.8. The number of hydrogen-bond donors (Lipinski definition) is 0. The van der Waals surface area contributed by atoms with Crippen molar-refractivity contribution in [3.05, 3.63) is 434 Å². The van der Waals surface area contributed by atoms with E-state index >= 15 is 0 Å². The zero-order valence-electron chi connectivity index (χ0n) is 85.7.